The first kappa shape index (κ1) is 19.0. The van der Waals surface area contributed by atoms with Crippen molar-refractivity contribution in [3.63, 3.8) is 0 Å². The number of aromatic nitrogens is 2. The van der Waals surface area contributed by atoms with Crippen molar-refractivity contribution in [3.05, 3.63) is 39.8 Å². The van der Waals surface area contributed by atoms with Gasteiger partial charge in [0.1, 0.15) is 0 Å². The summed E-state index contributed by atoms with van der Waals surface area (Å²) in [6, 6.07) is 5.46. The number of hydrogen-bond donors (Lipinski definition) is 2. The van der Waals surface area contributed by atoms with E-state index in [0.29, 0.717) is 36.0 Å². The number of rotatable bonds is 5. The second-order valence-electron chi connectivity index (χ2n) is 7.57. The van der Waals surface area contributed by atoms with E-state index in [1.54, 1.807) is 18.2 Å². The maximum absolute atomic E-state index is 13.2. The number of aliphatic hydroxyl groups excluding tert-OH is 1. The Morgan fingerprint density at radius 1 is 1.32 bits per heavy atom. The molecule has 2 aromatic rings. The number of benzene rings is 1. The Bertz CT molecular complexity index is 941. The molecule has 3 atom stereocenters. The zero-order valence-corrected chi connectivity index (χ0v) is 16.0. The summed E-state index contributed by atoms with van der Waals surface area (Å²) < 4.78 is 6.84. The summed E-state index contributed by atoms with van der Waals surface area (Å²) >= 11 is 0. The van der Waals surface area contributed by atoms with Crippen LogP contribution in [0.3, 0.4) is 0 Å². The van der Waals surface area contributed by atoms with Gasteiger partial charge in [-0.15, -0.1) is 0 Å². The molecule has 2 aliphatic rings. The molecule has 0 aliphatic carbocycles. The lowest BCUT2D eigenvalue weighted by Crippen LogP contribution is -2.49. The molecule has 2 aliphatic heterocycles. The van der Waals surface area contributed by atoms with Crippen LogP contribution >= 0.6 is 0 Å². The first-order valence-corrected chi connectivity index (χ1v) is 9.85. The predicted molar refractivity (Wildman–Crippen MR) is 104 cm³/mol. The Labute approximate surface area is 162 Å². The Kier molecular flexibility index (Phi) is 5.18. The first-order chi connectivity index (χ1) is 13.5. The van der Waals surface area contributed by atoms with E-state index < -0.39 is 6.10 Å². The smallest absolute Gasteiger partial charge is 0.274 e. The van der Waals surface area contributed by atoms with Crippen LogP contribution in [0.5, 0.6) is 0 Å². The van der Waals surface area contributed by atoms with Gasteiger partial charge in [0.15, 0.2) is 0 Å². The number of carbonyl (C=O) groups is 1. The van der Waals surface area contributed by atoms with Crippen LogP contribution < -0.4 is 11.3 Å². The zero-order chi connectivity index (χ0) is 19.8. The lowest BCUT2D eigenvalue weighted by molar-refractivity contribution is -0.00714. The highest BCUT2D eigenvalue weighted by Crippen LogP contribution is 2.31. The molecule has 3 unspecified atom stereocenters. The molecule has 0 spiro atoms. The quantitative estimate of drug-likeness (QED) is 0.764. The van der Waals surface area contributed by atoms with Gasteiger partial charge < -0.3 is 20.5 Å². The van der Waals surface area contributed by atoms with Gasteiger partial charge in [-0.1, -0.05) is 6.92 Å². The van der Waals surface area contributed by atoms with Gasteiger partial charge in [0.25, 0.3) is 11.5 Å². The molecule has 0 saturated carbocycles. The highest BCUT2D eigenvalue weighted by atomic mass is 16.5. The molecular formula is C20H26N4O4. The van der Waals surface area contributed by atoms with E-state index in [0.717, 1.165) is 18.5 Å². The Hall–Kier alpha value is -2.29. The molecule has 2 fully saturated rings. The average molecular weight is 386 g/mol. The normalized spacial score (nSPS) is 22.6. The van der Waals surface area contributed by atoms with Crippen molar-refractivity contribution in [2.45, 2.75) is 50.9 Å². The molecule has 1 aromatic carbocycles. The fraction of sp³-hybridized carbons (Fsp3) is 0.550. The molecule has 1 aromatic heterocycles. The van der Waals surface area contributed by atoms with Crippen molar-refractivity contribution in [2.75, 3.05) is 19.8 Å². The molecule has 8 heteroatoms. The summed E-state index contributed by atoms with van der Waals surface area (Å²) in [4.78, 5) is 27.9. The molecule has 150 valence electrons. The van der Waals surface area contributed by atoms with Gasteiger partial charge in [-0.3, -0.25) is 9.59 Å². The first-order valence-electron chi connectivity index (χ1n) is 9.85. The number of carbonyl (C=O) groups excluding carboxylic acids is 1. The van der Waals surface area contributed by atoms with Crippen molar-refractivity contribution in [3.8, 4) is 0 Å². The van der Waals surface area contributed by atoms with E-state index in [1.165, 1.54) is 4.68 Å². The minimum atomic E-state index is -0.829. The van der Waals surface area contributed by atoms with Crippen molar-refractivity contribution in [2.24, 2.45) is 5.73 Å². The Morgan fingerprint density at radius 2 is 2.04 bits per heavy atom. The molecular weight excluding hydrogens is 360 g/mol. The molecule has 8 nitrogen and oxygen atoms in total. The van der Waals surface area contributed by atoms with Gasteiger partial charge in [-0.25, -0.2) is 4.68 Å². The molecule has 2 saturated heterocycles. The average Bonchev–Trinajstić information content (AvgIpc) is 2.97. The summed E-state index contributed by atoms with van der Waals surface area (Å²) in [6.45, 7) is 3.24. The van der Waals surface area contributed by atoms with Crippen LogP contribution in [0.1, 0.15) is 35.8 Å². The number of ether oxygens (including phenoxy) is 1. The SMILES string of the molecule is CCc1nn(CC(O)CN)c(=O)c2ccc(C(=O)N3C4CCC3COC4)cc12. The number of aryl methyl sites for hydroxylation is 1. The second kappa shape index (κ2) is 7.62. The van der Waals surface area contributed by atoms with Crippen molar-refractivity contribution >= 4 is 16.7 Å². The summed E-state index contributed by atoms with van der Waals surface area (Å²) in [5.41, 5.74) is 6.47. The van der Waals surface area contributed by atoms with Crippen molar-refractivity contribution < 1.29 is 14.6 Å². The van der Waals surface area contributed by atoms with Crippen LogP contribution in [0.2, 0.25) is 0 Å². The molecule has 3 N–H and O–H groups in total. The topological polar surface area (TPSA) is 111 Å². The molecule has 0 radical (unpaired) electrons. The van der Waals surface area contributed by atoms with Gasteiger partial charge in [0.2, 0.25) is 0 Å². The van der Waals surface area contributed by atoms with Gasteiger partial charge in [0.05, 0.1) is 49.0 Å². The Balaban J connectivity index is 1.74. The Morgan fingerprint density at radius 3 is 2.68 bits per heavy atom. The fourth-order valence-electron chi connectivity index (χ4n) is 4.25. The third-order valence-corrected chi connectivity index (χ3v) is 5.75. The van der Waals surface area contributed by atoms with E-state index in [4.69, 9.17) is 10.5 Å². The monoisotopic (exact) mass is 386 g/mol. The summed E-state index contributed by atoms with van der Waals surface area (Å²) in [7, 11) is 0. The van der Waals surface area contributed by atoms with Crippen LogP contribution in [-0.4, -0.2) is 63.6 Å². The van der Waals surface area contributed by atoms with Crippen LogP contribution in [0.15, 0.2) is 23.0 Å². The predicted octanol–water partition coefficient (Wildman–Crippen LogP) is 0.282. The van der Waals surface area contributed by atoms with Crippen molar-refractivity contribution in [1.29, 1.82) is 0 Å². The van der Waals surface area contributed by atoms with Crippen molar-refractivity contribution in [1.82, 2.24) is 14.7 Å². The van der Waals surface area contributed by atoms with E-state index in [-0.39, 0.29) is 36.6 Å². The van der Waals surface area contributed by atoms with E-state index in [2.05, 4.69) is 5.10 Å². The van der Waals surface area contributed by atoms with Crippen LogP contribution in [0.25, 0.3) is 10.8 Å². The van der Waals surface area contributed by atoms with Gasteiger partial charge in [-0.2, -0.15) is 5.10 Å². The number of nitrogens with zero attached hydrogens (tertiary/aromatic N) is 3. The molecule has 1 amide bonds. The number of amides is 1. The number of nitrogens with two attached hydrogens (primary N) is 1. The number of aliphatic hydroxyl groups is 1. The fourth-order valence-corrected chi connectivity index (χ4v) is 4.25. The summed E-state index contributed by atoms with van der Waals surface area (Å²) in [6.07, 6.45) is 1.72. The lowest BCUT2D eigenvalue weighted by atomic mass is 10.0. The van der Waals surface area contributed by atoms with E-state index >= 15 is 0 Å². The maximum atomic E-state index is 13.2. The molecule has 28 heavy (non-hydrogen) atoms. The minimum Gasteiger partial charge on any atom is -0.390 e. The van der Waals surface area contributed by atoms with E-state index in [1.807, 2.05) is 11.8 Å². The lowest BCUT2D eigenvalue weighted by Gasteiger charge is -2.34. The van der Waals surface area contributed by atoms with Crippen LogP contribution in [0, 0.1) is 0 Å². The van der Waals surface area contributed by atoms with E-state index in [9.17, 15) is 14.7 Å². The largest absolute Gasteiger partial charge is 0.390 e. The van der Waals surface area contributed by atoms with Gasteiger partial charge >= 0.3 is 0 Å². The van der Waals surface area contributed by atoms with Crippen LogP contribution in [0.4, 0.5) is 0 Å². The number of hydrogen-bond acceptors (Lipinski definition) is 6. The summed E-state index contributed by atoms with van der Waals surface area (Å²) in [5, 5.41) is 15.4. The third kappa shape index (κ3) is 3.21. The summed E-state index contributed by atoms with van der Waals surface area (Å²) in [5.74, 6) is -0.0116. The standard InChI is InChI=1S/C20H26N4O4/c1-2-18-17-7-12(19(26)24-13-4-5-14(24)11-28-10-13)3-6-16(17)20(27)23(22-18)9-15(25)8-21/h3,6-7,13-15,25H,2,4-5,8-11,21H2,1H3. The number of morpholine rings is 1. The van der Waals surface area contributed by atoms with Crippen LogP contribution in [-0.2, 0) is 17.7 Å². The maximum Gasteiger partial charge on any atom is 0.274 e. The molecule has 4 rings (SSSR count). The van der Waals surface area contributed by atoms with Gasteiger partial charge in [0, 0.05) is 17.5 Å². The second-order valence-corrected chi connectivity index (χ2v) is 7.57. The molecule has 3 heterocycles. The highest BCUT2D eigenvalue weighted by molar-refractivity contribution is 5.99. The zero-order valence-electron chi connectivity index (χ0n) is 16.0. The third-order valence-electron chi connectivity index (χ3n) is 5.75. The minimum absolute atomic E-state index is 0.0116. The number of fused-ring (bicyclic) bond motifs is 3. The highest BCUT2D eigenvalue weighted by Gasteiger charge is 2.40. The van der Waals surface area contributed by atoms with Gasteiger partial charge in [-0.05, 0) is 37.5 Å². The molecule has 2 bridgehead atoms.